The molecule has 0 saturated carbocycles. The SMILES string of the molecule is O=C(O)CN1CCCC(Cc2ccc(NCc3ccccc3)nn2)C1. The van der Waals surface area contributed by atoms with Crippen molar-refractivity contribution >= 4 is 11.8 Å². The molecule has 2 N–H and O–H groups in total. The van der Waals surface area contributed by atoms with Gasteiger partial charge in [-0.2, -0.15) is 5.10 Å². The third-order valence-electron chi connectivity index (χ3n) is 4.50. The number of carboxylic acid groups (broad SMARTS) is 1. The van der Waals surface area contributed by atoms with Gasteiger partial charge in [0.2, 0.25) is 0 Å². The van der Waals surface area contributed by atoms with Crippen LogP contribution in [0, 0.1) is 5.92 Å². The summed E-state index contributed by atoms with van der Waals surface area (Å²) in [6, 6.07) is 14.1. The highest BCUT2D eigenvalue weighted by atomic mass is 16.4. The highest BCUT2D eigenvalue weighted by Crippen LogP contribution is 2.20. The molecule has 6 heteroatoms. The molecule has 2 heterocycles. The lowest BCUT2D eigenvalue weighted by atomic mass is 9.93. The molecule has 2 aromatic rings. The average Bonchev–Trinajstić information content (AvgIpc) is 2.62. The van der Waals surface area contributed by atoms with Gasteiger partial charge in [-0.15, -0.1) is 5.10 Å². The van der Waals surface area contributed by atoms with Crippen LogP contribution in [0.5, 0.6) is 0 Å². The van der Waals surface area contributed by atoms with E-state index in [9.17, 15) is 4.79 Å². The Balaban J connectivity index is 1.49. The van der Waals surface area contributed by atoms with Gasteiger partial charge in [-0.3, -0.25) is 9.69 Å². The first-order valence-electron chi connectivity index (χ1n) is 8.73. The predicted octanol–water partition coefficient (Wildman–Crippen LogP) is 2.43. The van der Waals surface area contributed by atoms with Gasteiger partial charge in [-0.05, 0) is 49.4 Å². The minimum absolute atomic E-state index is 0.129. The van der Waals surface area contributed by atoms with Crippen molar-refractivity contribution < 1.29 is 9.90 Å². The Morgan fingerprint density at radius 3 is 2.76 bits per heavy atom. The Morgan fingerprint density at radius 1 is 1.20 bits per heavy atom. The Labute approximate surface area is 147 Å². The summed E-state index contributed by atoms with van der Waals surface area (Å²) in [7, 11) is 0. The van der Waals surface area contributed by atoms with E-state index in [0.29, 0.717) is 5.92 Å². The molecule has 1 aromatic carbocycles. The van der Waals surface area contributed by atoms with Gasteiger partial charge in [-0.25, -0.2) is 0 Å². The number of aromatic nitrogens is 2. The Bertz CT molecular complexity index is 676. The summed E-state index contributed by atoms with van der Waals surface area (Å²) in [4.78, 5) is 12.9. The summed E-state index contributed by atoms with van der Waals surface area (Å²) in [5, 5.41) is 20.8. The van der Waals surface area contributed by atoms with Gasteiger partial charge in [0.05, 0.1) is 12.2 Å². The van der Waals surface area contributed by atoms with Gasteiger partial charge < -0.3 is 10.4 Å². The van der Waals surface area contributed by atoms with E-state index < -0.39 is 5.97 Å². The van der Waals surface area contributed by atoms with Gasteiger partial charge in [0.1, 0.15) is 5.82 Å². The molecule has 0 radical (unpaired) electrons. The number of likely N-dealkylation sites (tertiary alicyclic amines) is 1. The molecule has 1 aliphatic heterocycles. The van der Waals surface area contributed by atoms with E-state index in [2.05, 4.69) is 27.6 Å². The number of carbonyl (C=O) groups is 1. The quantitative estimate of drug-likeness (QED) is 0.806. The molecule has 1 aliphatic rings. The second-order valence-corrected chi connectivity index (χ2v) is 6.59. The number of nitrogens with one attached hydrogen (secondary N) is 1. The van der Waals surface area contributed by atoms with Crippen LogP contribution in [0.15, 0.2) is 42.5 Å². The molecule has 1 saturated heterocycles. The summed E-state index contributed by atoms with van der Waals surface area (Å²) in [5.41, 5.74) is 2.17. The van der Waals surface area contributed by atoms with Crippen molar-refractivity contribution in [3.05, 3.63) is 53.7 Å². The maximum absolute atomic E-state index is 10.9. The molecule has 1 fully saturated rings. The zero-order valence-corrected chi connectivity index (χ0v) is 14.3. The monoisotopic (exact) mass is 340 g/mol. The highest BCUT2D eigenvalue weighted by molar-refractivity contribution is 5.69. The molecule has 0 amide bonds. The van der Waals surface area contributed by atoms with Gasteiger partial charge in [0, 0.05) is 13.1 Å². The van der Waals surface area contributed by atoms with Crippen LogP contribution < -0.4 is 5.32 Å². The van der Waals surface area contributed by atoms with Crippen molar-refractivity contribution in [1.82, 2.24) is 15.1 Å². The Hall–Kier alpha value is -2.47. The second-order valence-electron chi connectivity index (χ2n) is 6.59. The fraction of sp³-hybridized carbons (Fsp3) is 0.421. The number of rotatable bonds is 7. The number of carboxylic acids is 1. The Morgan fingerprint density at radius 2 is 2.04 bits per heavy atom. The summed E-state index contributed by atoms with van der Waals surface area (Å²) in [5.74, 6) is 0.462. The maximum Gasteiger partial charge on any atom is 0.317 e. The van der Waals surface area contributed by atoms with Gasteiger partial charge in [-0.1, -0.05) is 30.3 Å². The van der Waals surface area contributed by atoms with E-state index in [1.54, 1.807) is 0 Å². The van der Waals surface area contributed by atoms with Crippen LogP contribution in [0.1, 0.15) is 24.1 Å². The number of aliphatic carboxylic acids is 1. The number of hydrogen-bond donors (Lipinski definition) is 2. The minimum Gasteiger partial charge on any atom is -0.480 e. The van der Waals surface area contributed by atoms with E-state index in [1.165, 1.54) is 5.56 Å². The summed E-state index contributed by atoms with van der Waals surface area (Å²) < 4.78 is 0. The molecule has 1 unspecified atom stereocenters. The molecular weight excluding hydrogens is 316 g/mol. The first-order valence-corrected chi connectivity index (χ1v) is 8.73. The van der Waals surface area contributed by atoms with Crippen LogP contribution in [0.3, 0.4) is 0 Å². The number of benzene rings is 1. The fourth-order valence-corrected chi connectivity index (χ4v) is 3.30. The first kappa shape index (κ1) is 17.4. The third kappa shape index (κ3) is 5.53. The van der Waals surface area contributed by atoms with Crippen molar-refractivity contribution in [2.24, 2.45) is 5.92 Å². The van der Waals surface area contributed by atoms with Crippen LogP contribution in [-0.4, -0.2) is 45.8 Å². The molecule has 0 bridgehead atoms. The molecule has 3 rings (SSSR count). The predicted molar refractivity (Wildman–Crippen MR) is 96.3 cm³/mol. The largest absolute Gasteiger partial charge is 0.480 e. The normalized spacial score (nSPS) is 18.0. The second kappa shape index (κ2) is 8.58. The molecule has 1 atom stereocenters. The van der Waals surface area contributed by atoms with Crippen LogP contribution >= 0.6 is 0 Å². The summed E-state index contributed by atoms with van der Waals surface area (Å²) in [6.07, 6.45) is 3.01. The molecule has 0 aliphatic carbocycles. The van der Waals surface area contributed by atoms with Crippen LogP contribution in [0.2, 0.25) is 0 Å². The van der Waals surface area contributed by atoms with E-state index in [-0.39, 0.29) is 6.54 Å². The third-order valence-corrected chi connectivity index (χ3v) is 4.50. The van der Waals surface area contributed by atoms with Crippen molar-refractivity contribution in [3.8, 4) is 0 Å². The van der Waals surface area contributed by atoms with Crippen LogP contribution in [-0.2, 0) is 17.8 Å². The molecule has 6 nitrogen and oxygen atoms in total. The van der Waals surface area contributed by atoms with Crippen molar-refractivity contribution in [2.45, 2.75) is 25.8 Å². The van der Waals surface area contributed by atoms with Crippen LogP contribution in [0.25, 0.3) is 0 Å². The van der Waals surface area contributed by atoms with E-state index in [0.717, 1.165) is 50.4 Å². The highest BCUT2D eigenvalue weighted by Gasteiger charge is 2.22. The lowest BCUT2D eigenvalue weighted by Crippen LogP contribution is -2.39. The molecule has 132 valence electrons. The van der Waals surface area contributed by atoms with Crippen LogP contribution in [0.4, 0.5) is 5.82 Å². The zero-order chi connectivity index (χ0) is 17.5. The maximum atomic E-state index is 10.9. The topological polar surface area (TPSA) is 78.4 Å². The van der Waals surface area contributed by atoms with Gasteiger partial charge in [0.25, 0.3) is 0 Å². The number of nitrogens with zero attached hydrogens (tertiary/aromatic N) is 3. The van der Waals surface area contributed by atoms with E-state index >= 15 is 0 Å². The van der Waals surface area contributed by atoms with Crippen molar-refractivity contribution in [3.63, 3.8) is 0 Å². The molecule has 1 aromatic heterocycles. The molecule has 25 heavy (non-hydrogen) atoms. The summed E-state index contributed by atoms with van der Waals surface area (Å²) in [6.45, 7) is 2.55. The standard InChI is InChI=1S/C19H24N4O2/c24-19(25)14-23-10-4-7-16(13-23)11-17-8-9-18(22-21-17)20-12-15-5-2-1-3-6-15/h1-3,5-6,8-9,16H,4,7,10-14H2,(H,20,22)(H,24,25). The lowest BCUT2D eigenvalue weighted by molar-refractivity contribution is -0.138. The van der Waals surface area contributed by atoms with E-state index in [1.807, 2.05) is 35.2 Å². The minimum atomic E-state index is -0.755. The molecular formula is C19H24N4O2. The van der Waals surface area contributed by atoms with E-state index in [4.69, 9.17) is 5.11 Å². The first-order chi connectivity index (χ1) is 12.2. The van der Waals surface area contributed by atoms with Gasteiger partial charge in [0.15, 0.2) is 0 Å². The lowest BCUT2D eigenvalue weighted by Gasteiger charge is -2.31. The smallest absolute Gasteiger partial charge is 0.317 e. The summed E-state index contributed by atoms with van der Waals surface area (Å²) >= 11 is 0. The zero-order valence-electron chi connectivity index (χ0n) is 14.3. The average molecular weight is 340 g/mol. The van der Waals surface area contributed by atoms with Crippen molar-refractivity contribution in [2.75, 3.05) is 25.0 Å². The fourth-order valence-electron chi connectivity index (χ4n) is 3.30. The number of hydrogen-bond acceptors (Lipinski definition) is 5. The van der Waals surface area contributed by atoms with Crippen molar-refractivity contribution in [1.29, 1.82) is 0 Å². The molecule has 0 spiro atoms. The van der Waals surface area contributed by atoms with Gasteiger partial charge >= 0.3 is 5.97 Å². The number of piperidine rings is 1. The number of anilines is 1. The Kier molecular flexibility index (Phi) is 5.95.